The maximum absolute atomic E-state index is 10.8. The van der Waals surface area contributed by atoms with Crippen LogP contribution in [0.2, 0.25) is 0 Å². The predicted molar refractivity (Wildman–Crippen MR) is 44.3 cm³/mol. The van der Waals surface area contributed by atoms with Crippen LogP contribution in [0.15, 0.2) is 18.5 Å². The molecule has 0 spiro atoms. The second kappa shape index (κ2) is 4.33. The number of hydrogen-bond acceptors (Lipinski definition) is 3. The monoisotopic (exact) mass is 166 g/mol. The number of rotatable bonds is 3. The first-order valence-electron chi connectivity index (χ1n) is 3.66. The van der Waals surface area contributed by atoms with Gasteiger partial charge in [0.1, 0.15) is 0 Å². The first-order valence-corrected chi connectivity index (χ1v) is 3.66. The standard InChI is InChI=1S/C8H10N2O2/c1-2-12-8(11)4-3-7-5-9-10-6-7/h3-6H,2H2,1H3,(H,9,10)/b4-3+. The van der Waals surface area contributed by atoms with Crippen molar-refractivity contribution in [3.8, 4) is 0 Å². The van der Waals surface area contributed by atoms with Gasteiger partial charge in [-0.2, -0.15) is 5.10 Å². The molecule has 4 heteroatoms. The van der Waals surface area contributed by atoms with Crippen LogP contribution < -0.4 is 0 Å². The molecule has 0 atom stereocenters. The summed E-state index contributed by atoms with van der Waals surface area (Å²) in [6.45, 7) is 2.16. The average molecular weight is 166 g/mol. The van der Waals surface area contributed by atoms with Crippen LogP contribution in [0.3, 0.4) is 0 Å². The van der Waals surface area contributed by atoms with Crippen molar-refractivity contribution in [2.24, 2.45) is 0 Å². The zero-order valence-electron chi connectivity index (χ0n) is 6.78. The zero-order chi connectivity index (χ0) is 8.81. The SMILES string of the molecule is CCOC(=O)/C=C/c1cn[nH]c1. The van der Waals surface area contributed by atoms with E-state index in [1.54, 1.807) is 25.4 Å². The largest absolute Gasteiger partial charge is 0.463 e. The second-order valence-electron chi connectivity index (χ2n) is 2.12. The number of ether oxygens (including phenoxy) is 1. The minimum Gasteiger partial charge on any atom is -0.463 e. The third kappa shape index (κ3) is 2.57. The van der Waals surface area contributed by atoms with E-state index in [4.69, 9.17) is 0 Å². The number of aromatic amines is 1. The number of esters is 1. The Kier molecular flexibility index (Phi) is 3.07. The topological polar surface area (TPSA) is 55.0 Å². The van der Waals surface area contributed by atoms with Gasteiger partial charge in [-0.25, -0.2) is 4.79 Å². The first-order chi connectivity index (χ1) is 5.83. The quantitative estimate of drug-likeness (QED) is 0.538. The molecule has 0 unspecified atom stereocenters. The molecule has 0 bridgehead atoms. The van der Waals surface area contributed by atoms with Crippen LogP contribution in [0.4, 0.5) is 0 Å². The Morgan fingerprint density at radius 2 is 2.67 bits per heavy atom. The molecule has 12 heavy (non-hydrogen) atoms. The second-order valence-corrected chi connectivity index (χ2v) is 2.12. The molecular weight excluding hydrogens is 156 g/mol. The Labute approximate surface area is 70.2 Å². The Morgan fingerprint density at radius 3 is 3.25 bits per heavy atom. The highest BCUT2D eigenvalue weighted by Crippen LogP contribution is 1.96. The molecule has 0 aliphatic heterocycles. The van der Waals surface area contributed by atoms with Gasteiger partial charge in [0.25, 0.3) is 0 Å². The van der Waals surface area contributed by atoms with Crippen LogP contribution in [0.25, 0.3) is 6.08 Å². The number of nitrogens with zero attached hydrogens (tertiary/aromatic N) is 1. The van der Waals surface area contributed by atoms with Gasteiger partial charge in [0.2, 0.25) is 0 Å². The predicted octanol–water partition coefficient (Wildman–Crippen LogP) is 0.986. The molecule has 0 fully saturated rings. The number of carbonyl (C=O) groups excluding carboxylic acids is 1. The van der Waals surface area contributed by atoms with Crippen LogP contribution in [-0.4, -0.2) is 22.8 Å². The smallest absolute Gasteiger partial charge is 0.330 e. The Hall–Kier alpha value is -1.58. The molecule has 0 radical (unpaired) electrons. The normalized spacial score (nSPS) is 10.4. The van der Waals surface area contributed by atoms with E-state index in [1.165, 1.54) is 6.08 Å². The molecule has 1 aromatic rings. The summed E-state index contributed by atoms with van der Waals surface area (Å²) in [4.78, 5) is 10.8. The van der Waals surface area contributed by atoms with E-state index in [0.29, 0.717) is 6.61 Å². The Bertz CT molecular complexity index is 265. The summed E-state index contributed by atoms with van der Waals surface area (Å²) in [5, 5.41) is 6.35. The summed E-state index contributed by atoms with van der Waals surface area (Å²) in [6.07, 6.45) is 6.32. The van der Waals surface area contributed by atoms with Gasteiger partial charge in [0, 0.05) is 17.8 Å². The lowest BCUT2D eigenvalue weighted by Crippen LogP contribution is -1.98. The average Bonchev–Trinajstić information content (AvgIpc) is 2.53. The molecule has 1 heterocycles. The van der Waals surface area contributed by atoms with E-state index in [1.807, 2.05) is 0 Å². The molecular formula is C8H10N2O2. The highest BCUT2D eigenvalue weighted by Gasteiger charge is 1.93. The van der Waals surface area contributed by atoms with Crippen molar-refractivity contribution in [1.29, 1.82) is 0 Å². The van der Waals surface area contributed by atoms with Crippen molar-refractivity contribution in [3.63, 3.8) is 0 Å². The summed E-state index contributed by atoms with van der Waals surface area (Å²) in [5.74, 6) is -0.335. The van der Waals surface area contributed by atoms with Crippen molar-refractivity contribution in [2.45, 2.75) is 6.92 Å². The third-order valence-electron chi connectivity index (χ3n) is 1.22. The van der Waals surface area contributed by atoms with Gasteiger partial charge >= 0.3 is 5.97 Å². The number of nitrogens with one attached hydrogen (secondary N) is 1. The zero-order valence-corrected chi connectivity index (χ0v) is 6.78. The Morgan fingerprint density at radius 1 is 1.83 bits per heavy atom. The fourth-order valence-corrected chi connectivity index (χ4v) is 0.707. The molecule has 0 saturated heterocycles. The van der Waals surface area contributed by atoms with Crippen molar-refractivity contribution in [3.05, 3.63) is 24.0 Å². The van der Waals surface area contributed by atoms with Gasteiger partial charge in [0.15, 0.2) is 0 Å². The van der Waals surface area contributed by atoms with Crippen LogP contribution in [0.5, 0.6) is 0 Å². The summed E-state index contributed by atoms with van der Waals surface area (Å²) in [5.41, 5.74) is 0.850. The lowest BCUT2D eigenvalue weighted by atomic mass is 10.3. The number of H-pyrrole nitrogens is 1. The van der Waals surface area contributed by atoms with Crippen molar-refractivity contribution >= 4 is 12.0 Å². The number of aromatic nitrogens is 2. The molecule has 0 aromatic carbocycles. The van der Waals surface area contributed by atoms with E-state index < -0.39 is 0 Å². The molecule has 0 amide bonds. The van der Waals surface area contributed by atoms with Gasteiger partial charge in [-0.1, -0.05) is 0 Å². The fraction of sp³-hybridized carbons (Fsp3) is 0.250. The lowest BCUT2D eigenvalue weighted by Gasteiger charge is -1.92. The minimum absolute atomic E-state index is 0.335. The number of hydrogen-bond donors (Lipinski definition) is 1. The van der Waals surface area contributed by atoms with E-state index in [2.05, 4.69) is 14.9 Å². The van der Waals surface area contributed by atoms with Crippen LogP contribution in [-0.2, 0) is 9.53 Å². The van der Waals surface area contributed by atoms with Crippen LogP contribution in [0.1, 0.15) is 12.5 Å². The van der Waals surface area contributed by atoms with Gasteiger partial charge in [0.05, 0.1) is 12.8 Å². The Balaban J connectivity index is 2.45. The molecule has 1 N–H and O–H groups in total. The van der Waals surface area contributed by atoms with Gasteiger partial charge in [-0.15, -0.1) is 0 Å². The molecule has 64 valence electrons. The molecule has 1 rings (SSSR count). The first kappa shape index (κ1) is 8.52. The van der Waals surface area contributed by atoms with Gasteiger partial charge < -0.3 is 4.74 Å². The van der Waals surface area contributed by atoms with E-state index >= 15 is 0 Å². The highest BCUT2D eigenvalue weighted by molar-refractivity contribution is 5.86. The molecule has 0 saturated carbocycles. The fourth-order valence-electron chi connectivity index (χ4n) is 0.707. The molecule has 0 aliphatic carbocycles. The lowest BCUT2D eigenvalue weighted by molar-refractivity contribution is -0.137. The summed E-state index contributed by atoms with van der Waals surface area (Å²) < 4.78 is 4.68. The highest BCUT2D eigenvalue weighted by atomic mass is 16.5. The molecule has 0 aliphatic rings. The summed E-state index contributed by atoms with van der Waals surface area (Å²) >= 11 is 0. The van der Waals surface area contributed by atoms with Crippen molar-refractivity contribution in [1.82, 2.24) is 10.2 Å². The van der Waals surface area contributed by atoms with Crippen molar-refractivity contribution in [2.75, 3.05) is 6.61 Å². The number of carbonyl (C=O) groups is 1. The van der Waals surface area contributed by atoms with Crippen LogP contribution in [0, 0.1) is 0 Å². The van der Waals surface area contributed by atoms with E-state index in [9.17, 15) is 4.79 Å². The summed E-state index contributed by atoms with van der Waals surface area (Å²) in [7, 11) is 0. The third-order valence-corrected chi connectivity index (χ3v) is 1.22. The van der Waals surface area contributed by atoms with E-state index in [-0.39, 0.29) is 5.97 Å². The maximum Gasteiger partial charge on any atom is 0.330 e. The van der Waals surface area contributed by atoms with Gasteiger partial charge in [-0.05, 0) is 13.0 Å². The van der Waals surface area contributed by atoms with Crippen molar-refractivity contribution < 1.29 is 9.53 Å². The molecule has 4 nitrogen and oxygen atoms in total. The van der Waals surface area contributed by atoms with Crippen LogP contribution >= 0.6 is 0 Å². The van der Waals surface area contributed by atoms with E-state index in [0.717, 1.165) is 5.56 Å². The molecule has 1 aromatic heterocycles. The maximum atomic E-state index is 10.8. The van der Waals surface area contributed by atoms with Gasteiger partial charge in [-0.3, -0.25) is 5.10 Å². The summed E-state index contributed by atoms with van der Waals surface area (Å²) in [6, 6.07) is 0. The minimum atomic E-state index is -0.335.